The van der Waals surface area contributed by atoms with Gasteiger partial charge in [0.2, 0.25) is 0 Å². The second-order valence-electron chi connectivity index (χ2n) is 5.31. The number of nitrogens with one attached hydrogen (secondary N) is 1. The van der Waals surface area contributed by atoms with Gasteiger partial charge in [0.15, 0.2) is 6.10 Å². The molecule has 0 radical (unpaired) electrons. The fourth-order valence-corrected chi connectivity index (χ4v) is 2.19. The number of allylic oxidation sites excluding steroid dienone is 2. The van der Waals surface area contributed by atoms with E-state index < -0.39 is 29.0 Å². The largest absolute Gasteiger partial charge is 0.479 e. The highest BCUT2D eigenvalue weighted by Gasteiger charge is 2.37. The van der Waals surface area contributed by atoms with Crippen LogP contribution in [0.4, 0.5) is 13.2 Å². The lowest BCUT2D eigenvalue weighted by Crippen LogP contribution is -2.42. The van der Waals surface area contributed by atoms with Crippen LogP contribution in [0.3, 0.4) is 0 Å². The van der Waals surface area contributed by atoms with Crippen molar-refractivity contribution in [1.82, 2.24) is 5.32 Å². The Labute approximate surface area is 153 Å². The van der Waals surface area contributed by atoms with Crippen LogP contribution in [-0.4, -0.2) is 30.0 Å². The van der Waals surface area contributed by atoms with Crippen LogP contribution in [0.25, 0.3) is 0 Å². The average Bonchev–Trinajstić information content (AvgIpc) is 2.56. The van der Waals surface area contributed by atoms with Crippen LogP contribution >= 0.6 is 11.6 Å². The third-order valence-corrected chi connectivity index (χ3v) is 3.56. The standard InChI is InChI=1S/C17H17ClF3NO4/c1-3-24-15(23)11(2)25-13-4-6-14(7-5-13)26-16(18)9-8-12(10-22-16)17(19,20)21/h4-11,22H,3H2,1-2H3. The molecule has 0 saturated carbocycles. The van der Waals surface area contributed by atoms with E-state index in [1.165, 1.54) is 24.3 Å². The zero-order valence-corrected chi connectivity index (χ0v) is 14.7. The minimum atomic E-state index is -4.48. The van der Waals surface area contributed by atoms with E-state index in [1.54, 1.807) is 13.8 Å². The molecule has 1 heterocycles. The van der Waals surface area contributed by atoms with Gasteiger partial charge in [-0.05, 0) is 61.9 Å². The fourth-order valence-electron chi connectivity index (χ4n) is 1.98. The minimum Gasteiger partial charge on any atom is -0.479 e. The summed E-state index contributed by atoms with van der Waals surface area (Å²) in [5, 5.41) is 0.715. The summed E-state index contributed by atoms with van der Waals surface area (Å²) in [4.78, 5) is 11.5. The highest BCUT2D eigenvalue weighted by atomic mass is 35.5. The number of carbonyl (C=O) groups is 1. The van der Waals surface area contributed by atoms with E-state index in [2.05, 4.69) is 5.32 Å². The Hall–Kier alpha value is -2.35. The summed E-state index contributed by atoms with van der Waals surface area (Å²) in [6.45, 7) is 3.50. The first-order valence-electron chi connectivity index (χ1n) is 7.68. The summed E-state index contributed by atoms with van der Waals surface area (Å²) in [6.07, 6.45) is -2.62. The van der Waals surface area contributed by atoms with Crippen LogP contribution in [0.1, 0.15) is 13.8 Å². The molecule has 0 saturated heterocycles. The lowest BCUT2D eigenvalue weighted by Gasteiger charge is -2.28. The van der Waals surface area contributed by atoms with Crippen molar-refractivity contribution in [3.8, 4) is 11.5 Å². The van der Waals surface area contributed by atoms with Crippen molar-refractivity contribution >= 4 is 17.6 Å². The van der Waals surface area contributed by atoms with Gasteiger partial charge < -0.3 is 19.5 Å². The third-order valence-electron chi connectivity index (χ3n) is 3.25. The Balaban J connectivity index is 1.96. The van der Waals surface area contributed by atoms with Crippen LogP contribution in [0.5, 0.6) is 11.5 Å². The first-order chi connectivity index (χ1) is 12.1. The molecule has 2 rings (SSSR count). The first kappa shape index (κ1) is 20.0. The summed E-state index contributed by atoms with van der Waals surface area (Å²) in [5.74, 6) is 0.196. The van der Waals surface area contributed by atoms with Crippen molar-refractivity contribution in [3.63, 3.8) is 0 Å². The van der Waals surface area contributed by atoms with Crippen molar-refractivity contribution in [1.29, 1.82) is 0 Å². The summed E-state index contributed by atoms with van der Waals surface area (Å²) < 4.78 is 53.5. The molecule has 0 bridgehead atoms. The number of hydrogen-bond acceptors (Lipinski definition) is 5. The van der Waals surface area contributed by atoms with Gasteiger partial charge in [-0.25, -0.2) is 4.79 Å². The Morgan fingerprint density at radius 3 is 2.38 bits per heavy atom. The molecule has 0 spiro atoms. The van der Waals surface area contributed by atoms with Crippen molar-refractivity contribution in [2.45, 2.75) is 31.3 Å². The van der Waals surface area contributed by atoms with Crippen LogP contribution in [0.15, 0.2) is 48.2 Å². The molecule has 9 heteroatoms. The minimum absolute atomic E-state index is 0.252. The lowest BCUT2D eigenvalue weighted by molar-refractivity contribution is -0.150. The molecule has 2 unspecified atom stereocenters. The van der Waals surface area contributed by atoms with Crippen molar-refractivity contribution in [2.24, 2.45) is 0 Å². The molecule has 5 nitrogen and oxygen atoms in total. The number of carbonyl (C=O) groups excluding carboxylic acids is 1. The monoisotopic (exact) mass is 391 g/mol. The Bertz CT molecular complexity index is 703. The first-order valence-corrected chi connectivity index (χ1v) is 8.06. The van der Waals surface area contributed by atoms with Gasteiger partial charge in [0.25, 0.3) is 5.18 Å². The molecular formula is C17H17ClF3NO4. The Kier molecular flexibility index (Phi) is 6.07. The van der Waals surface area contributed by atoms with Crippen molar-refractivity contribution in [3.05, 3.63) is 48.2 Å². The molecule has 2 atom stereocenters. The summed E-state index contributed by atoms with van der Waals surface area (Å²) in [5.41, 5.74) is -0.867. The number of esters is 1. The van der Waals surface area contributed by atoms with Gasteiger partial charge in [0.05, 0.1) is 12.2 Å². The van der Waals surface area contributed by atoms with E-state index in [0.717, 1.165) is 18.4 Å². The highest BCUT2D eigenvalue weighted by molar-refractivity contribution is 6.24. The Morgan fingerprint density at radius 1 is 1.27 bits per heavy atom. The van der Waals surface area contributed by atoms with Crippen LogP contribution < -0.4 is 14.8 Å². The maximum Gasteiger partial charge on any atom is 0.417 e. The number of hydrogen-bond donors (Lipinski definition) is 1. The van der Waals surface area contributed by atoms with Crippen LogP contribution in [0.2, 0.25) is 0 Å². The zero-order chi connectivity index (χ0) is 19.4. The highest BCUT2D eigenvalue weighted by Crippen LogP contribution is 2.32. The molecule has 0 aliphatic carbocycles. The van der Waals surface area contributed by atoms with Crippen molar-refractivity contribution < 1.29 is 32.2 Å². The number of halogens is 4. The number of rotatable bonds is 6. The van der Waals surface area contributed by atoms with E-state index in [1.807, 2.05) is 0 Å². The van der Waals surface area contributed by atoms with E-state index in [0.29, 0.717) is 5.75 Å². The molecule has 0 amide bonds. The van der Waals surface area contributed by atoms with E-state index >= 15 is 0 Å². The predicted molar refractivity (Wildman–Crippen MR) is 88.8 cm³/mol. The molecule has 1 aromatic rings. The maximum atomic E-state index is 12.6. The second-order valence-corrected chi connectivity index (χ2v) is 5.87. The topological polar surface area (TPSA) is 56.8 Å². The SMILES string of the molecule is CCOC(=O)C(C)Oc1ccc(OC2(Cl)C=CC(C(F)(F)F)=CN2)cc1. The number of ether oxygens (including phenoxy) is 3. The van der Waals surface area contributed by atoms with Gasteiger partial charge >= 0.3 is 12.1 Å². The third kappa shape index (κ3) is 5.32. The second kappa shape index (κ2) is 7.90. The molecule has 1 aromatic carbocycles. The summed E-state index contributed by atoms with van der Waals surface area (Å²) in [6, 6.07) is 6.09. The Morgan fingerprint density at radius 2 is 1.88 bits per heavy atom. The number of benzene rings is 1. The number of dihydropyridines is 1. The van der Waals surface area contributed by atoms with E-state index in [4.69, 9.17) is 25.8 Å². The fraction of sp³-hybridized carbons (Fsp3) is 0.353. The smallest absolute Gasteiger partial charge is 0.417 e. The molecule has 26 heavy (non-hydrogen) atoms. The molecular weight excluding hydrogens is 375 g/mol. The van der Waals surface area contributed by atoms with Gasteiger partial charge in [0, 0.05) is 6.20 Å². The van der Waals surface area contributed by atoms with E-state index in [9.17, 15) is 18.0 Å². The van der Waals surface area contributed by atoms with Gasteiger partial charge in [-0.3, -0.25) is 0 Å². The van der Waals surface area contributed by atoms with Gasteiger partial charge in [-0.15, -0.1) is 0 Å². The molecule has 1 N–H and O–H groups in total. The molecule has 0 aromatic heterocycles. The van der Waals surface area contributed by atoms with Crippen LogP contribution in [-0.2, 0) is 9.53 Å². The molecule has 1 aliphatic rings. The average molecular weight is 392 g/mol. The quantitative estimate of drug-likeness (QED) is 0.453. The van der Waals surface area contributed by atoms with E-state index in [-0.39, 0.29) is 12.4 Å². The molecule has 0 fully saturated rings. The lowest BCUT2D eigenvalue weighted by atomic mass is 10.2. The predicted octanol–water partition coefficient (Wildman–Crippen LogP) is 3.89. The van der Waals surface area contributed by atoms with Crippen molar-refractivity contribution in [2.75, 3.05) is 6.61 Å². The van der Waals surface area contributed by atoms with Gasteiger partial charge in [0.1, 0.15) is 11.5 Å². The van der Waals surface area contributed by atoms with Crippen LogP contribution in [0, 0.1) is 0 Å². The normalized spacial score (nSPS) is 20.6. The van der Waals surface area contributed by atoms with Gasteiger partial charge in [-0.2, -0.15) is 13.2 Å². The molecule has 142 valence electrons. The molecule has 1 aliphatic heterocycles. The van der Waals surface area contributed by atoms with Gasteiger partial charge in [-0.1, -0.05) is 0 Å². The summed E-state index contributed by atoms with van der Waals surface area (Å²) in [7, 11) is 0. The maximum absolute atomic E-state index is 12.6. The zero-order valence-electron chi connectivity index (χ0n) is 14.0. The summed E-state index contributed by atoms with van der Waals surface area (Å²) >= 11 is 6.10. The number of alkyl halides is 4.